The normalized spacial score (nSPS) is 25.2. The van der Waals surface area contributed by atoms with Crippen LogP contribution in [0.15, 0.2) is 17.5 Å². The van der Waals surface area contributed by atoms with Crippen molar-refractivity contribution in [2.45, 2.75) is 44.7 Å². The van der Waals surface area contributed by atoms with E-state index in [0.717, 1.165) is 5.92 Å². The number of piperidine rings is 1. The Bertz CT molecular complexity index is 404. The minimum absolute atomic E-state index is 0.207. The SMILES string of the molecule is CC(N)C(c1cccs1)N1CCC(CN2CCCC2)CC1. The largest absolute Gasteiger partial charge is 0.326 e. The minimum Gasteiger partial charge on any atom is -0.326 e. The molecule has 4 heteroatoms. The van der Waals surface area contributed by atoms with Crippen molar-refractivity contribution in [3.63, 3.8) is 0 Å². The molecule has 3 heterocycles. The first kappa shape index (κ1) is 15.5. The van der Waals surface area contributed by atoms with Crippen molar-refractivity contribution in [2.24, 2.45) is 11.7 Å². The second kappa shape index (κ2) is 7.23. The van der Waals surface area contributed by atoms with Gasteiger partial charge in [-0.15, -0.1) is 11.3 Å². The van der Waals surface area contributed by atoms with E-state index in [1.165, 1.54) is 63.3 Å². The summed E-state index contributed by atoms with van der Waals surface area (Å²) >= 11 is 1.85. The van der Waals surface area contributed by atoms with Crippen LogP contribution in [0.5, 0.6) is 0 Å². The van der Waals surface area contributed by atoms with Gasteiger partial charge in [0.1, 0.15) is 0 Å². The first-order valence-corrected chi connectivity index (χ1v) is 9.37. The summed E-state index contributed by atoms with van der Waals surface area (Å²) in [5, 5.41) is 2.17. The van der Waals surface area contributed by atoms with Crippen molar-refractivity contribution < 1.29 is 0 Å². The Hall–Kier alpha value is -0.420. The van der Waals surface area contributed by atoms with Crippen LogP contribution in [0.1, 0.15) is 43.5 Å². The summed E-state index contributed by atoms with van der Waals surface area (Å²) in [4.78, 5) is 6.72. The van der Waals surface area contributed by atoms with Crippen LogP contribution in [-0.2, 0) is 0 Å². The van der Waals surface area contributed by atoms with E-state index in [1.54, 1.807) is 0 Å². The topological polar surface area (TPSA) is 32.5 Å². The predicted octanol–water partition coefficient (Wildman–Crippen LogP) is 2.94. The van der Waals surface area contributed by atoms with Gasteiger partial charge in [0.15, 0.2) is 0 Å². The second-order valence-corrected chi connectivity index (χ2v) is 7.79. The third kappa shape index (κ3) is 3.86. The van der Waals surface area contributed by atoms with Gasteiger partial charge in [-0.1, -0.05) is 6.07 Å². The Balaban J connectivity index is 1.54. The van der Waals surface area contributed by atoms with Crippen LogP contribution in [0.3, 0.4) is 0 Å². The quantitative estimate of drug-likeness (QED) is 0.908. The molecule has 0 bridgehead atoms. The zero-order valence-corrected chi connectivity index (χ0v) is 14.0. The van der Waals surface area contributed by atoms with Crippen molar-refractivity contribution in [1.82, 2.24) is 9.80 Å². The van der Waals surface area contributed by atoms with Crippen LogP contribution in [0, 0.1) is 5.92 Å². The maximum absolute atomic E-state index is 6.28. The maximum atomic E-state index is 6.28. The van der Waals surface area contributed by atoms with E-state index >= 15 is 0 Å². The molecule has 2 aliphatic heterocycles. The molecule has 2 aliphatic rings. The van der Waals surface area contributed by atoms with E-state index in [0.29, 0.717) is 6.04 Å². The van der Waals surface area contributed by atoms with Gasteiger partial charge in [0.2, 0.25) is 0 Å². The summed E-state index contributed by atoms with van der Waals surface area (Å²) in [6, 6.07) is 5.02. The fourth-order valence-electron chi connectivity index (χ4n) is 3.98. The summed E-state index contributed by atoms with van der Waals surface area (Å²) in [6.45, 7) is 8.57. The van der Waals surface area contributed by atoms with Crippen molar-refractivity contribution in [3.8, 4) is 0 Å². The van der Waals surface area contributed by atoms with Crippen LogP contribution in [0.25, 0.3) is 0 Å². The van der Waals surface area contributed by atoms with E-state index in [4.69, 9.17) is 5.73 Å². The lowest BCUT2D eigenvalue weighted by Gasteiger charge is -2.39. The first-order chi connectivity index (χ1) is 10.2. The third-order valence-corrected chi connectivity index (χ3v) is 6.03. The van der Waals surface area contributed by atoms with Crippen LogP contribution < -0.4 is 5.73 Å². The second-order valence-electron chi connectivity index (χ2n) is 6.81. The summed E-state index contributed by atoms with van der Waals surface area (Å²) < 4.78 is 0. The van der Waals surface area contributed by atoms with Crippen LogP contribution in [0.2, 0.25) is 0 Å². The number of rotatable bonds is 5. The highest BCUT2D eigenvalue weighted by Crippen LogP contribution is 2.31. The number of hydrogen-bond donors (Lipinski definition) is 1. The molecule has 2 fully saturated rings. The van der Waals surface area contributed by atoms with Crippen molar-refractivity contribution in [3.05, 3.63) is 22.4 Å². The average Bonchev–Trinajstić information content (AvgIpc) is 3.14. The summed E-state index contributed by atoms with van der Waals surface area (Å²) in [5.74, 6) is 0.899. The molecule has 2 saturated heterocycles. The van der Waals surface area contributed by atoms with Gasteiger partial charge in [0.25, 0.3) is 0 Å². The van der Waals surface area contributed by atoms with Gasteiger partial charge < -0.3 is 10.6 Å². The van der Waals surface area contributed by atoms with E-state index in [2.05, 4.69) is 34.2 Å². The number of nitrogens with zero attached hydrogens (tertiary/aromatic N) is 2. The van der Waals surface area contributed by atoms with E-state index < -0.39 is 0 Å². The highest BCUT2D eigenvalue weighted by atomic mass is 32.1. The van der Waals surface area contributed by atoms with Crippen LogP contribution >= 0.6 is 11.3 Å². The van der Waals surface area contributed by atoms with Crippen LogP contribution in [0.4, 0.5) is 0 Å². The maximum Gasteiger partial charge on any atom is 0.0590 e. The standard InChI is InChI=1S/C17H29N3S/c1-14(18)17(16-5-4-12-21-16)20-10-6-15(7-11-20)13-19-8-2-3-9-19/h4-5,12,14-15,17H,2-3,6-11,13,18H2,1H3. The molecule has 2 atom stereocenters. The molecule has 0 aromatic carbocycles. The zero-order valence-electron chi connectivity index (χ0n) is 13.2. The molecular weight excluding hydrogens is 278 g/mol. The summed E-state index contributed by atoms with van der Waals surface area (Å²) in [5.41, 5.74) is 6.28. The fourth-order valence-corrected chi connectivity index (χ4v) is 4.95. The average molecular weight is 308 g/mol. The molecule has 21 heavy (non-hydrogen) atoms. The van der Waals surface area contributed by atoms with Gasteiger partial charge in [-0.05, 0) is 76.2 Å². The number of thiophene rings is 1. The van der Waals surface area contributed by atoms with Crippen molar-refractivity contribution in [1.29, 1.82) is 0 Å². The van der Waals surface area contributed by atoms with Gasteiger partial charge in [-0.25, -0.2) is 0 Å². The molecule has 2 unspecified atom stereocenters. The molecule has 3 rings (SSSR count). The van der Waals surface area contributed by atoms with Gasteiger partial charge >= 0.3 is 0 Å². The van der Waals surface area contributed by atoms with E-state index in [-0.39, 0.29) is 6.04 Å². The smallest absolute Gasteiger partial charge is 0.0590 e. The molecule has 0 radical (unpaired) electrons. The lowest BCUT2D eigenvalue weighted by atomic mass is 9.93. The molecule has 1 aromatic rings. The molecule has 0 aliphatic carbocycles. The number of likely N-dealkylation sites (tertiary alicyclic amines) is 2. The Labute approximate surface area is 133 Å². The third-order valence-electron chi connectivity index (χ3n) is 5.09. The Morgan fingerprint density at radius 3 is 2.52 bits per heavy atom. The molecule has 2 N–H and O–H groups in total. The summed E-state index contributed by atoms with van der Waals surface area (Å²) in [6.07, 6.45) is 5.49. The number of nitrogens with two attached hydrogens (primary N) is 1. The van der Waals surface area contributed by atoms with Crippen LogP contribution in [-0.4, -0.2) is 48.6 Å². The number of hydrogen-bond acceptors (Lipinski definition) is 4. The van der Waals surface area contributed by atoms with Crippen molar-refractivity contribution >= 4 is 11.3 Å². The van der Waals surface area contributed by atoms with Gasteiger partial charge in [-0.2, -0.15) is 0 Å². The fraction of sp³-hybridized carbons (Fsp3) is 0.765. The lowest BCUT2D eigenvalue weighted by molar-refractivity contribution is 0.106. The molecule has 1 aromatic heterocycles. The van der Waals surface area contributed by atoms with Gasteiger partial charge in [0.05, 0.1) is 6.04 Å². The highest BCUT2D eigenvalue weighted by Gasteiger charge is 2.29. The van der Waals surface area contributed by atoms with E-state index in [1.807, 2.05) is 11.3 Å². The molecule has 0 saturated carbocycles. The van der Waals surface area contributed by atoms with Gasteiger partial charge in [0, 0.05) is 17.5 Å². The Morgan fingerprint density at radius 1 is 1.24 bits per heavy atom. The molecular formula is C17H29N3S. The molecule has 3 nitrogen and oxygen atoms in total. The van der Waals surface area contributed by atoms with E-state index in [9.17, 15) is 0 Å². The van der Waals surface area contributed by atoms with Crippen molar-refractivity contribution in [2.75, 3.05) is 32.7 Å². The molecule has 118 valence electrons. The highest BCUT2D eigenvalue weighted by molar-refractivity contribution is 7.10. The first-order valence-electron chi connectivity index (χ1n) is 8.49. The lowest BCUT2D eigenvalue weighted by Crippen LogP contribution is -2.44. The molecule has 0 amide bonds. The molecule has 0 spiro atoms. The zero-order chi connectivity index (χ0) is 14.7. The monoisotopic (exact) mass is 307 g/mol. The van der Waals surface area contributed by atoms with Gasteiger partial charge in [-0.3, -0.25) is 4.90 Å². The predicted molar refractivity (Wildman–Crippen MR) is 90.7 cm³/mol. The summed E-state index contributed by atoms with van der Waals surface area (Å²) in [7, 11) is 0. The Kier molecular flexibility index (Phi) is 5.33. The Morgan fingerprint density at radius 2 is 1.95 bits per heavy atom. The minimum atomic E-state index is 0.207.